The second-order valence-electron chi connectivity index (χ2n) is 8.41. The van der Waals surface area contributed by atoms with Crippen molar-refractivity contribution in [1.29, 1.82) is 0 Å². The monoisotopic (exact) mass is 464 g/mol. The molecule has 1 aliphatic rings. The molecule has 0 fully saturated rings. The van der Waals surface area contributed by atoms with Crippen LogP contribution in [0, 0.1) is 5.92 Å². The third-order valence-corrected chi connectivity index (χ3v) is 5.58. The Hall–Kier alpha value is -4.21. The molecule has 2 aromatic carbocycles. The van der Waals surface area contributed by atoms with E-state index in [2.05, 4.69) is 25.6 Å². The molecular formula is C24H24N4O6. The number of nitrogens with one attached hydrogen (secondary N) is 2. The maximum Gasteiger partial charge on any atom is 0.412 e. The topological polar surface area (TPSA) is 144 Å². The molecule has 0 spiro atoms. The molecule has 3 N–H and O–H groups in total. The van der Waals surface area contributed by atoms with E-state index in [4.69, 9.17) is 4.74 Å². The Balaban J connectivity index is 1.41. The summed E-state index contributed by atoms with van der Waals surface area (Å²) in [5.74, 6) is -2.37. The minimum Gasteiger partial charge on any atom is -0.480 e. The number of carboxylic acids is 1. The van der Waals surface area contributed by atoms with Gasteiger partial charge in [0.2, 0.25) is 11.5 Å². The van der Waals surface area contributed by atoms with Crippen molar-refractivity contribution >= 4 is 23.8 Å². The lowest BCUT2D eigenvalue weighted by Gasteiger charge is -2.16. The maximum absolute atomic E-state index is 12.5. The first-order valence-corrected chi connectivity index (χ1v) is 10.8. The summed E-state index contributed by atoms with van der Waals surface area (Å²) < 4.78 is 10.0. The zero-order chi connectivity index (χ0) is 24.2. The second-order valence-corrected chi connectivity index (χ2v) is 8.41. The van der Waals surface area contributed by atoms with Crippen LogP contribution in [-0.4, -0.2) is 46.0 Å². The molecule has 0 saturated carbocycles. The number of carbonyl (C=O) groups excluding carboxylic acids is 2. The molecule has 1 aliphatic carbocycles. The number of ether oxygens (including phenoxy) is 1. The van der Waals surface area contributed by atoms with Crippen molar-refractivity contribution in [1.82, 2.24) is 15.6 Å². The Morgan fingerprint density at radius 2 is 1.65 bits per heavy atom. The Morgan fingerprint density at radius 3 is 2.24 bits per heavy atom. The first kappa shape index (κ1) is 23.0. The van der Waals surface area contributed by atoms with Crippen molar-refractivity contribution in [3.63, 3.8) is 0 Å². The number of hydrogen-bond acceptors (Lipinski definition) is 7. The minimum absolute atomic E-state index is 0.0373. The largest absolute Gasteiger partial charge is 0.480 e. The summed E-state index contributed by atoms with van der Waals surface area (Å²) >= 11 is 0. The van der Waals surface area contributed by atoms with Gasteiger partial charge in [0.15, 0.2) is 0 Å². The number of anilines is 1. The molecule has 4 rings (SSSR count). The zero-order valence-electron chi connectivity index (χ0n) is 18.6. The summed E-state index contributed by atoms with van der Waals surface area (Å²) in [5.41, 5.74) is 3.97. The number of aromatic nitrogens is 2. The first-order valence-electron chi connectivity index (χ1n) is 10.8. The van der Waals surface area contributed by atoms with Crippen molar-refractivity contribution in [3.8, 4) is 11.1 Å². The molecule has 10 nitrogen and oxygen atoms in total. The highest BCUT2D eigenvalue weighted by molar-refractivity contribution is 6.01. The molecule has 0 saturated heterocycles. The molecule has 0 aliphatic heterocycles. The van der Waals surface area contributed by atoms with Crippen LogP contribution in [0.15, 0.2) is 53.2 Å². The molecule has 1 aromatic heterocycles. The number of rotatable bonds is 8. The molecule has 1 heterocycles. The quantitative estimate of drug-likeness (QED) is 0.458. The summed E-state index contributed by atoms with van der Waals surface area (Å²) in [6.07, 6.45) is -0.620. The smallest absolute Gasteiger partial charge is 0.412 e. The zero-order valence-corrected chi connectivity index (χ0v) is 18.6. The molecule has 0 radical (unpaired) electrons. The predicted molar refractivity (Wildman–Crippen MR) is 121 cm³/mol. The average molecular weight is 464 g/mol. The number of fused-ring (bicyclic) bond motifs is 3. The lowest BCUT2D eigenvalue weighted by Crippen LogP contribution is -2.42. The highest BCUT2D eigenvalue weighted by Crippen LogP contribution is 2.44. The summed E-state index contributed by atoms with van der Waals surface area (Å²) in [7, 11) is 0. The van der Waals surface area contributed by atoms with Crippen LogP contribution >= 0.6 is 0 Å². The molecule has 34 heavy (non-hydrogen) atoms. The van der Waals surface area contributed by atoms with Crippen LogP contribution in [0.25, 0.3) is 11.1 Å². The van der Waals surface area contributed by atoms with Crippen LogP contribution in [0.1, 0.15) is 47.8 Å². The van der Waals surface area contributed by atoms with Crippen LogP contribution in [0.2, 0.25) is 0 Å². The lowest BCUT2D eigenvalue weighted by atomic mass is 9.98. The van der Waals surface area contributed by atoms with Gasteiger partial charge in [-0.3, -0.25) is 10.1 Å². The molecular weight excluding hydrogens is 440 g/mol. The van der Waals surface area contributed by atoms with E-state index in [0.717, 1.165) is 22.3 Å². The van der Waals surface area contributed by atoms with Gasteiger partial charge in [-0.05, 0) is 44.9 Å². The second kappa shape index (κ2) is 9.74. The summed E-state index contributed by atoms with van der Waals surface area (Å²) in [5, 5.41) is 21.1. The van der Waals surface area contributed by atoms with E-state index in [1.165, 1.54) is 0 Å². The van der Waals surface area contributed by atoms with E-state index in [0.29, 0.717) is 0 Å². The van der Waals surface area contributed by atoms with Gasteiger partial charge in [-0.25, -0.2) is 14.2 Å². The van der Waals surface area contributed by atoms with Gasteiger partial charge >= 0.3 is 12.1 Å². The fourth-order valence-electron chi connectivity index (χ4n) is 4.07. The highest BCUT2D eigenvalue weighted by atomic mass is 16.6. The number of benzene rings is 2. The van der Waals surface area contributed by atoms with Crippen molar-refractivity contribution in [2.75, 3.05) is 11.9 Å². The standard InChI is InChI=1S/C24H24N4O6/c1-13(2)11-19(23(30)31)25-22(29)20-21(28-34-27-20)26-24(32)33-12-18-16-9-5-3-7-14(16)15-8-4-6-10-17(15)18/h3-10,13,18-19H,11-12H2,1-2H3,(H,25,29)(H,30,31)(H,26,28,32)/t19-/m1/s1. The van der Waals surface area contributed by atoms with Crippen molar-refractivity contribution in [3.05, 3.63) is 65.4 Å². The highest BCUT2D eigenvalue weighted by Gasteiger charge is 2.30. The molecule has 0 bridgehead atoms. The Labute approximate surface area is 195 Å². The summed E-state index contributed by atoms with van der Waals surface area (Å²) in [4.78, 5) is 36.4. The third kappa shape index (κ3) is 4.75. The number of nitrogens with zero attached hydrogens (tertiary/aromatic N) is 2. The number of amides is 2. The van der Waals surface area contributed by atoms with Gasteiger partial charge in [-0.15, -0.1) is 0 Å². The predicted octanol–water partition coefficient (Wildman–Crippen LogP) is 3.66. The van der Waals surface area contributed by atoms with Gasteiger partial charge < -0.3 is 15.2 Å². The maximum atomic E-state index is 12.5. The van der Waals surface area contributed by atoms with Gasteiger partial charge in [-0.1, -0.05) is 62.4 Å². The Bertz CT molecular complexity index is 1180. The lowest BCUT2D eigenvalue weighted by molar-refractivity contribution is -0.139. The molecule has 1 atom stereocenters. The SMILES string of the molecule is CC(C)C[C@@H](NC(=O)c1nonc1NC(=O)OCC1c2ccccc2-c2ccccc21)C(=O)O. The molecule has 10 heteroatoms. The fraction of sp³-hybridized carbons (Fsp3) is 0.292. The van der Waals surface area contributed by atoms with Crippen LogP contribution in [0.5, 0.6) is 0 Å². The van der Waals surface area contributed by atoms with Crippen LogP contribution < -0.4 is 10.6 Å². The molecule has 3 aromatic rings. The van der Waals surface area contributed by atoms with Crippen molar-refractivity contribution in [2.24, 2.45) is 5.92 Å². The van der Waals surface area contributed by atoms with Crippen LogP contribution in [0.4, 0.5) is 10.6 Å². The van der Waals surface area contributed by atoms with E-state index < -0.39 is 24.0 Å². The average Bonchev–Trinajstić information content (AvgIpc) is 3.39. The summed E-state index contributed by atoms with van der Waals surface area (Å²) in [6, 6.07) is 14.8. The van der Waals surface area contributed by atoms with Crippen LogP contribution in [0.3, 0.4) is 0 Å². The molecule has 2 amide bonds. The van der Waals surface area contributed by atoms with E-state index in [1.807, 2.05) is 62.4 Å². The van der Waals surface area contributed by atoms with E-state index in [9.17, 15) is 19.5 Å². The van der Waals surface area contributed by atoms with Crippen molar-refractivity contribution < 1.29 is 28.9 Å². The normalized spacial score (nSPS) is 13.1. The van der Waals surface area contributed by atoms with Gasteiger partial charge in [0.25, 0.3) is 5.91 Å². The third-order valence-electron chi connectivity index (χ3n) is 5.58. The van der Waals surface area contributed by atoms with E-state index in [-0.39, 0.29) is 36.4 Å². The minimum atomic E-state index is -1.18. The number of hydrogen-bond donors (Lipinski definition) is 3. The van der Waals surface area contributed by atoms with E-state index >= 15 is 0 Å². The number of aliphatic carboxylic acids is 1. The van der Waals surface area contributed by atoms with Crippen LogP contribution in [-0.2, 0) is 9.53 Å². The van der Waals surface area contributed by atoms with Gasteiger partial charge in [0.05, 0.1) is 0 Å². The fourth-order valence-corrected chi connectivity index (χ4v) is 4.07. The molecule has 0 unspecified atom stereocenters. The Kier molecular flexibility index (Phi) is 6.58. The van der Waals surface area contributed by atoms with Gasteiger partial charge in [-0.2, -0.15) is 0 Å². The van der Waals surface area contributed by atoms with E-state index in [1.54, 1.807) is 0 Å². The molecule has 176 valence electrons. The summed E-state index contributed by atoms with van der Waals surface area (Å²) in [6.45, 7) is 3.75. The van der Waals surface area contributed by atoms with Gasteiger partial charge in [0, 0.05) is 5.92 Å². The van der Waals surface area contributed by atoms with Crippen molar-refractivity contribution in [2.45, 2.75) is 32.2 Å². The Morgan fingerprint density at radius 1 is 1.03 bits per heavy atom. The number of carboxylic acid groups (broad SMARTS) is 1. The number of carbonyl (C=O) groups is 3. The van der Waals surface area contributed by atoms with Gasteiger partial charge in [0.1, 0.15) is 12.6 Å². The first-order chi connectivity index (χ1) is 16.3.